The summed E-state index contributed by atoms with van der Waals surface area (Å²) in [5.41, 5.74) is -1.70. The fourth-order valence-electron chi connectivity index (χ4n) is 3.36. The molecule has 146 valence electrons. The number of ether oxygens (including phenoxy) is 4. The van der Waals surface area contributed by atoms with Gasteiger partial charge in [0.1, 0.15) is 35.6 Å². The van der Waals surface area contributed by atoms with E-state index in [-0.39, 0.29) is 18.6 Å². The third-order valence-electron chi connectivity index (χ3n) is 4.94. The summed E-state index contributed by atoms with van der Waals surface area (Å²) >= 11 is 0. The largest absolute Gasteiger partial charge is 0.471 e. The number of esters is 1. The van der Waals surface area contributed by atoms with Gasteiger partial charge in [0.25, 0.3) is 0 Å². The first-order valence-electron chi connectivity index (χ1n) is 8.17. The maximum atomic E-state index is 11.8. The third kappa shape index (κ3) is 3.03. The van der Waals surface area contributed by atoms with Gasteiger partial charge in [-0.05, 0) is 0 Å². The molecular formula is C16H22O10. The highest BCUT2D eigenvalue weighted by Crippen LogP contribution is 2.42. The number of fused-ring (bicyclic) bond motifs is 1. The van der Waals surface area contributed by atoms with Gasteiger partial charge < -0.3 is 44.5 Å². The lowest BCUT2D eigenvalue weighted by Gasteiger charge is -2.46. The van der Waals surface area contributed by atoms with Crippen molar-refractivity contribution in [1.82, 2.24) is 0 Å². The lowest BCUT2D eigenvalue weighted by atomic mass is 9.76. The standard InChI is InChI=1S/C16H22O10/c1-2-7-14(24-6-8-13(21)23-4-3-16(7,8)22)26-15-12(20)11(19)10(18)9(5-17)25-15/h2,6-7,9-12,14-15,17-20,22H,1,3-5H2/t7-,9-,10-,11+,12-,14+,15+,16+/m1/s1. The van der Waals surface area contributed by atoms with Gasteiger partial charge in [-0.25, -0.2) is 4.79 Å². The van der Waals surface area contributed by atoms with Crippen molar-refractivity contribution in [3.8, 4) is 0 Å². The minimum absolute atomic E-state index is 0.00375. The van der Waals surface area contributed by atoms with Crippen LogP contribution in [0.25, 0.3) is 0 Å². The molecule has 0 spiro atoms. The Morgan fingerprint density at radius 1 is 1.27 bits per heavy atom. The second-order valence-corrected chi connectivity index (χ2v) is 6.44. The molecule has 0 aromatic rings. The Morgan fingerprint density at radius 2 is 2.00 bits per heavy atom. The predicted octanol–water partition coefficient (Wildman–Crippen LogP) is -2.48. The Kier molecular flexibility index (Phi) is 5.35. The summed E-state index contributed by atoms with van der Waals surface area (Å²) in [6, 6.07) is 0. The SMILES string of the molecule is C=C[C@@H]1[C@H](O[C@@H]2O[C@H](CO)[C@@H](O)[C@H](O)[C@H]2O)OC=C2C(=O)OCC[C@@]21O. The molecular weight excluding hydrogens is 352 g/mol. The number of carbonyl (C=O) groups is 1. The van der Waals surface area contributed by atoms with E-state index in [9.17, 15) is 30.3 Å². The molecule has 5 N–H and O–H groups in total. The summed E-state index contributed by atoms with van der Waals surface area (Å²) in [5, 5.41) is 49.9. The topological polar surface area (TPSA) is 155 Å². The third-order valence-corrected chi connectivity index (χ3v) is 4.94. The summed E-state index contributed by atoms with van der Waals surface area (Å²) in [6.45, 7) is 3.03. The number of cyclic esters (lactones) is 1. The van der Waals surface area contributed by atoms with E-state index in [4.69, 9.17) is 18.9 Å². The molecule has 3 heterocycles. The Balaban J connectivity index is 1.81. The van der Waals surface area contributed by atoms with Gasteiger partial charge in [-0.2, -0.15) is 0 Å². The first kappa shape index (κ1) is 19.2. The second-order valence-electron chi connectivity index (χ2n) is 6.44. The maximum Gasteiger partial charge on any atom is 0.340 e. The van der Waals surface area contributed by atoms with Crippen molar-refractivity contribution in [2.24, 2.45) is 5.92 Å². The molecule has 0 unspecified atom stereocenters. The minimum atomic E-state index is -1.63. The molecule has 0 aromatic heterocycles. The number of aliphatic hydroxyl groups excluding tert-OH is 4. The lowest BCUT2D eigenvalue weighted by Crippen LogP contribution is -2.61. The van der Waals surface area contributed by atoms with Gasteiger partial charge in [0, 0.05) is 6.42 Å². The average Bonchev–Trinajstić information content (AvgIpc) is 2.61. The van der Waals surface area contributed by atoms with E-state index in [0.29, 0.717) is 0 Å². The molecule has 0 radical (unpaired) electrons. The normalized spacial score (nSPS) is 45.8. The van der Waals surface area contributed by atoms with Crippen LogP contribution in [0, 0.1) is 5.92 Å². The Morgan fingerprint density at radius 3 is 2.65 bits per heavy atom. The first-order chi connectivity index (χ1) is 12.3. The number of hydrogen-bond donors (Lipinski definition) is 5. The van der Waals surface area contributed by atoms with E-state index in [1.807, 2.05) is 0 Å². The zero-order valence-electron chi connectivity index (χ0n) is 13.8. The zero-order valence-corrected chi connectivity index (χ0v) is 13.8. The van der Waals surface area contributed by atoms with Crippen LogP contribution in [0.1, 0.15) is 6.42 Å². The molecule has 3 aliphatic rings. The molecule has 0 amide bonds. The Hall–Kier alpha value is -1.53. The van der Waals surface area contributed by atoms with E-state index < -0.39 is 61.1 Å². The van der Waals surface area contributed by atoms with Crippen LogP contribution in [-0.4, -0.2) is 87.3 Å². The Bertz CT molecular complexity index is 590. The highest BCUT2D eigenvalue weighted by Gasteiger charge is 2.54. The quantitative estimate of drug-likeness (QED) is 0.264. The van der Waals surface area contributed by atoms with Crippen LogP contribution in [0.4, 0.5) is 0 Å². The number of aliphatic hydroxyl groups is 5. The summed E-state index contributed by atoms with van der Waals surface area (Å²) in [6.07, 6.45) is -6.10. The fourth-order valence-corrected chi connectivity index (χ4v) is 3.36. The minimum Gasteiger partial charge on any atom is -0.471 e. The molecule has 0 bridgehead atoms. The first-order valence-corrected chi connectivity index (χ1v) is 8.17. The monoisotopic (exact) mass is 374 g/mol. The van der Waals surface area contributed by atoms with Crippen LogP contribution in [0.5, 0.6) is 0 Å². The van der Waals surface area contributed by atoms with Gasteiger partial charge >= 0.3 is 5.97 Å². The van der Waals surface area contributed by atoms with Gasteiger partial charge in [-0.15, -0.1) is 6.58 Å². The molecule has 8 atom stereocenters. The summed E-state index contributed by atoms with van der Waals surface area (Å²) in [7, 11) is 0. The summed E-state index contributed by atoms with van der Waals surface area (Å²) in [5.74, 6) is -1.61. The van der Waals surface area contributed by atoms with Crippen LogP contribution in [0.2, 0.25) is 0 Å². The maximum absolute atomic E-state index is 11.8. The van der Waals surface area contributed by atoms with Gasteiger partial charge in [0.2, 0.25) is 6.29 Å². The lowest BCUT2D eigenvalue weighted by molar-refractivity contribution is -0.344. The van der Waals surface area contributed by atoms with E-state index >= 15 is 0 Å². The molecule has 3 rings (SSSR count). The molecule has 2 saturated heterocycles. The smallest absolute Gasteiger partial charge is 0.340 e. The molecule has 2 fully saturated rings. The van der Waals surface area contributed by atoms with Crippen molar-refractivity contribution in [2.45, 2.75) is 49.0 Å². The van der Waals surface area contributed by atoms with Crippen molar-refractivity contribution in [3.63, 3.8) is 0 Å². The van der Waals surface area contributed by atoms with Crippen LogP contribution >= 0.6 is 0 Å². The average molecular weight is 374 g/mol. The van der Waals surface area contributed by atoms with Crippen molar-refractivity contribution >= 4 is 5.97 Å². The van der Waals surface area contributed by atoms with E-state index in [1.165, 1.54) is 6.08 Å². The van der Waals surface area contributed by atoms with Crippen LogP contribution in [-0.2, 0) is 23.7 Å². The highest BCUT2D eigenvalue weighted by atomic mass is 16.8. The van der Waals surface area contributed by atoms with Crippen molar-refractivity contribution < 1.29 is 49.3 Å². The van der Waals surface area contributed by atoms with Crippen molar-refractivity contribution in [1.29, 1.82) is 0 Å². The number of rotatable bonds is 4. The molecule has 0 aliphatic carbocycles. The number of hydrogen-bond acceptors (Lipinski definition) is 10. The molecule has 10 nitrogen and oxygen atoms in total. The molecule has 0 aromatic carbocycles. The van der Waals surface area contributed by atoms with E-state index in [1.54, 1.807) is 0 Å². The summed E-state index contributed by atoms with van der Waals surface area (Å²) < 4.78 is 21.1. The predicted molar refractivity (Wildman–Crippen MR) is 82.0 cm³/mol. The second kappa shape index (κ2) is 7.24. The summed E-state index contributed by atoms with van der Waals surface area (Å²) in [4.78, 5) is 11.8. The molecule has 26 heavy (non-hydrogen) atoms. The zero-order chi connectivity index (χ0) is 19.1. The highest BCUT2D eigenvalue weighted by molar-refractivity contribution is 5.91. The van der Waals surface area contributed by atoms with Crippen LogP contribution in [0.3, 0.4) is 0 Å². The van der Waals surface area contributed by atoms with Gasteiger partial charge in [-0.1, -0.05) is 6.08 Å². The molecule has 3 aliphatic heterocycles. The van der Waals surface area contributed by atoms with Crippen LogP contribution < -0.4 is 0 Å². The Labute approximate surface area is 148 Å². The van der Waals surface area contributed by atoms with Crippen LogP contribution in [0.15, 0.2) is 24.5 Å². The van der Waals surface area contributed by atoms with Gasteiger partial charge in [-0.3, -0.25) is 0 Å². The number of carbonyl (C=O) groups excluding carboxylic acids is 1. The van der Waals surface area contributed by atoms with Gasteiger partial charge in [0.15, 0.2) is 6.29 Å². The van der Waals surface area contributed by atoms with Crippen molar-refractivity contribution in [2.75, 3.05) is 13.2 Å². The van der Waals surface area contributed by atoms with E-state index in [2.05, 4.69) is 6.58 Å². The van der Waals surface area contributed by atoms with E-state index in [0.717, 1.165) is 6.26 Å². The van der Waals surface area contributed by atoms with Crippen molar-refractivity contribution in [3.05, 3.63) is 24.5 Å². The van der Waals surface area contributed by atoms with Gasteiger partial charge in [0.05, 0.1) is 25.4 Å². The molecule has 10 heteroatoms. The molecule has 0 saturated carbocycles. The fraction of sp³-hybridized carbons (Fsp3) is 0.688.